The minimum atomic E-state index is -3.25. The van der Waals surface area contributed by atoms with Gasteiger partial charge in [-0.25, -0.2) is 13.1 Å². The van der Waals surface area contributed by atoms with Crippen LogP contribution in [-0.2, 0) is 14.8 Å². The first-order valence-corrected chi connectivity index (χ1v) is 12.8. The summed E-state index contributed by atoms with van der Waals surface area (Å²) in [5, 5.41) is 0. The molecule has 3 aliphatic heterocycles. The number of para-hydroxylation sites is 1. The Balaban J connectivity index is 1.58. The van der Waals surface area contributed by atoms with E-state index in [9.17, 15) is 8.42 Å². The van der Waals surface area contributed by atoms with Crippen molar-refractivity contribution in [3.05, 3.63) is 29.3 Å². The quantitative estimate of drug-likeness (QED) is 0.794. The maximum atomic E-state index is 11.9. The number of nitrogens with one attached hydrogen (secondary N) is 1. The molecule has 2 atom stereocenters. The third kappa shape index (κ3) is 5.13. The van der Waals surface area contributed by atoms with Gasteiger partial charge in [0.05, 0.1) is 19.0 Å². The number of sulfonamides is 1. The zero-order valence-corrected chi connectivity index (χ0v) is 18.4. The minimum Gasteiger partial charge on any atom is -0.492 e. The van der Waals surface area contributed by atoms with Crippen LogP contribution in [0.4, 0.5) is 0 Å². The molecule has 162 valence electrons. The van der Waals surface area contributed by atoms with E-state index in [1.54, 1.807) is 0 Å². The Kier molecular flexibility index (Phi) is 6.49. The Bertz CT molecular complexity index is 805. The SMILES string of the molecule is Cc1cccc2c1OCCN1CCC[C@H](NS(C)(=O)=O)C1COC1CCC2CC1. The van der Waals surface area contributed by atoms with E-state index >= 15 is 0 Å². The van der Waals surface area contributed by atoms with Gasteiger partial charge in [0.2, 0.25) is 10.0 Å². The summed E-state index contributed by atoms with van der Waals surface area (Å²) in [5.41, 5.74) is 2.54. The molecular formula is C22H34N2O4S. The second-order valence-electron chi connectivity index (χ2n) is 8.89. The van der Waals surface area contributed by atoms with Crippen molar-refractivity contribution in [2.75, 3.05) is 32.6 Å². The van der Waals surface area contributed by atoms with Crippen molar-refractivity contribution in [2.45, 2.75) is 69.6 Å². The van der Waals surface area contributed by atoms with Gasteiger partial charge in [-0.1, -0.05) is 18.2 Å². The average Bonchev–Trinajstić information content (AvgIpc) is 2.69. The molecule has 1 saturated carbocycles. The minimum absolute atomic E-state index is 0.0527. The van der Waals surface area contributed by atoms with Crippen LogP contribution in [0.5, 0.6) is 5.75 Å². The molecule has 1 unspecified atom stereocenters. The van der Waals surface area contributed by atoms with Crippen molar-refractivity contribution in [2.24, 2.45) is 0 Å². The molecule has 1 N–H and O–H groups in total. The van der Waals surface area contributed by atoms with Crippen LogP contribution in [0.2, 0.25) is 0 Å². The third-order valence-corrected chi connectivity index (χ3v) is 7.47. The Hall–Kier alpha value is -1.15. The smallest absolute Gasteiger partial charge is 0.209 e. The lowest BCUT2D eigenvalue weighted by Crippen LogP contribution is -2.58. The fourth-order valence-corrected chi connectivity index (χ4v) is 6.10. The highest BCUT2D eigenvalue weighted by molar-refractivity contribution is 7.88. The zero-order chi connectivity index (χ0) is 20.4. The number of benzene rings is 1. The van der Waals surface area contributed by atoms with Crippen LogP contribution in [0, 0.1) is 6.92 Å². The molecule has 0 amide bonds. The molecule has 0 spiro atoms. The van der Waals surface area contributed by atoms with Gasteiger partial charge in [0.25, 0.3) is 0 Å². The first-order chi connectivity index (χ1) is 13.9. The lowest BCUT2D eigenvalue weighted by atomic mass is 9.82. The van der Waals surface area contributed by atoms with E-state index in [0.717, 1.165) is 57.4 Å². The van der Waals surface area contributed by atoms with Crippen molar-refractivity contribution < 1.29 is 17.9 Å². The molecule has 2 bridgehead atoms. The summed E-state index contributed by atoms with van der Waals surface area (Å²) in [6.07, 6.45) is 7.68. The lowest BCUT2D eigenvalue weighted by molar-refractivity contribution is -0.0284. The van der Waals surface area contributed by atoms with Crippen LogP contribution in [0.25, 0.3) is 0 Å². The summed E-state index contributed by atoms with van der Waals surface area (Å²) in [5.74, 6) is 1.59. The highest BCUT2D eigenvalue weighted by Gasteiger charge is 2.35. The molecule has 1 aromatic carbocycles. The summed E-state index contributed by atoms with van der Waals surface area (Å²) in [6.45, 7) is 5.04. The van der Waals surface area contributed by atoms with E-state index in [2.05, 4.69) is 34.7 Å². The normalized spacial score (nSPS) is 31.5. The fourth-order valence-electron chi connectivity index (χ4n) is 5.27. The molecule has 29 heavy (non-hydrogen) atoms. The van der Waals surface area contributed by atoms with Gasteiger partial charge in [-0.05, 0) is 69.0 Å². The van der Waals surface area contributed by atoms with Crippen molar-refractivity contribution in [1.29, 1.82) is 0 Å². The van der Waals surface area contributed by atoms with E-state index in [-0.39, 0.29) is 18.2 Å². The fraction of sp³-hybridized carbons (Fsp3) is 0.727. The third-order valence-electron chi connectivity index (χ3n) is 6.74. The van der Waals surface area contributed by atoms with Crippen LogP contribution in [0.15, 0.2) is 18.2 Å². The predicted molar refractivity (Wildman–Crippen MR) is 114 cm³/mol. The van der Waals surface area contributed by atoms with Crippen molar-refractivity contribution in [3.8, 4) is 5.75 Å². The summed E-state index contributed by atoms with van der Waals surface area (Å²) in [4.78, 5) is 2.36. The van der Waals surface area contributed by atoms with Gasteiger partial charge in [0.15, 0.2) is 0 Å². The maximum Gasteiger partial charge on any atom is 0.209 e. The number of ether oxygens (including phenoxy) is 2. The second kappa shape index (κ2) is 8.92. The number of piperidine rings is 1. The lowest BCUT2D eigenvalue weighted by Gasteiger charge is -2.41. The van der Waals surface area contributed by atoms with E-state index in [1.165, 1.54) is 17.4 Å². The Morgan fingerprint density at radius 2 is 1.90 bits per heavy atom. The first-order valence-electron chi connectivity index (χ1n) is 11.0. The highest BCUT2D eigenvalue weighted by Crippen LogP contribution is 2.40. The van der Waals surface area contributed by atoms with Gasteiger partial charge in [0, 0.05) is 18.6 Å². The van der Waals surface area contributed by atoms with Crippen LogP contribution in [0.1, 0.15) is 55.6 Å². The number of hydrogen-bond donors (Lipinski definition) is 1. The number of aryl methyl sites for hydroxylation is 1. The molecule has 7 heteroatoms. The van der Waals surface area contributed by atoms with Crippen LogP contribution in [0.3, 0.4) is 0 Å². The van der Waals surface area contributed by atoms with Gasteiger partial charge in [-0.15, -0.1) is 0 Å². The zero-order valence-electron chi connectivity index (χ0n) is 17.6. The van der Waals surface area contributed by atoms with Crippen LogP contribution in [-0.4, -0.2) is 64.1 Å². The molecule has 1 aliphatic carbocycles. The van der Waals surface area contributed by atoms with Crippen LogP contribution >= 0.6 is 0 Å². The van der Waals surface area contributed by atoms with E-state index in [0.29, 0.717) is 19.1 Å². The van der Waals surface area contributed by atoms with Crippen molar-refractivity contribution in [3.63, 3.8) is 0 Å². The van der Waals surface area contributed by atoms with Gasteiger partial charge >= 0.3 is 0 Å². The average molecular weight is 423 g/mol. The summed E-state index contributed by atoms with van der Waals surface area (Å²) < 4.78 is 39.4. The molecule has 0 aromatic heterocycles. The molecule has 0 radical (unpaired) electrons. The van der Waals surface area contributed by atoms with E-state index in [4.69, 9.17) is 9.47 Å². The molecule has 3 heterocycles. The van der Waals surface area contributed by atoms with Crippen LogP contribution < -0.4 is 9.46 Å². The molecule has 2 fully saturated rings. The Labute approximate surface area is 175 Å². The molecule has 4 aliphatic rings. The predicted octanol–water partition coefficient (Wildman–Crippen LogP) is 2.81. The molecule has 1 saturated heterocycles. The second-order valence-corrected chi connectivity index (χ2v) is 10.7. The van der Waals surface area contributed by atoms with E-state index in [1.807, 2.05) is 0 Å². The molecular weight excluding hydrogens is 388 g/mol. The van der Waals surface area contributed by atoms with Crippen molar-refractivity contribution in [1.82, 2.24) is 9.62 Å². The van der Waals surface area contributed by atoms with Gasteiger partial charge in [-0.3, -0.25) is 4.90 Å². The summed E-state index contributed by atoms with van der Waals surface area (Å²) >= 11 is 0. The number of hydrogen-bond acceptors (Lipinski definition) is 5. The standard InChI is InChI=1S/C22H34N2O4S/c1-16-5-3-6-19-17-8-10-18(11-9-17)28-15-21-20(23-29(2,25)26)7-4-12-24(21)13-14-27-22(16)19/h3,5-6,17-18,20-21,23H,4,7-15H2,1-2H3/t17?,18?,20-,21?/m0/s1. The number of fused-ring (bicyclic) bond motifs is 5. The monoisotopic (exact) mass is 422 g/mol. The van der Waals surface area contributed by atoms with Gasteiger partial charge in [-0.2, -0.15) is 0 Å². The summed E-state index contributed by atoms with van der Waals surface area (Å²) in [7, 11) is -3.25. The molecule has 6 nitrogen and oxygen atoms in total. The topological polar surface area (TPSA) is 67.9 Å². The van der Waals surface area contributed by atoms with Crippen molar-refractivity contribution >= 4 is 10.0 Å². The molecule has 5 rings (SSSR count). The largest absolute Gasteiger partial charge is 0.492 e. The number of nitrogens with zero attached hydrogens (tertiary/aromatic N) is 1. The Morgan fingerprint density at radius 3 is 2.66 bits per heavy atom. The highest BCUT2D eigenvalue weighted by atomic mass is 32.2. The van der Waals surface area contributed by atoms with E-state index < -0.39 is 10.0 Å². The summed E-state index contributed by atoms with van der Waals surface area (Å²) in [6, 6.07) is 6.44. The van der Waals surface area contributed by atoms with Gasteiger partial charge in [0.1, 0.15) is 12.4 Å². The van der Waals surface area contributed by atoms with Gasteiger partial charge < -0.3 is 9.47 Å². The first kappa shape index (κ1) is 21.1. The molecule has 1 aromatic rings. The number of rotatable bonds is 2. The maximum absolute atomic E-state index is 11.9. The Morgan fingerprint density at radius 1 is 1.10 bits per heavy atom.